The first-order chi connectivity index (χ1) is 10.1. The normalized spacial score (nSPS) is 13.7. The second kappa shape index (κ2) is 5.87. The van der Waals surface area contributed by atoms with Crippen LogP contribution < -0.4 is 9.46 Å². The molecular weight excluding hydrogens is 286 g/mol. The van der Waals surface area contributed by atoms with Crippen LogP contribution in [-0.4, -0.2) is 21.6 Å². The number of rotatable bonds is 5. The Morgan fingerprint density at radius 2 is 1.90 bits per heavy atom. The van der Waals surface area contributed by atoms with Crippen LogP contribution in [0, 0.1) is 0 Å². The van der Waals surface area contributed by atoms with Gasteiger partial charge < -0.3 is 4.74 Å². The first-order valence-electron chi connectivity index (χ1n) is 6.94. The van der Waals surface area contributed by atoms with Crippen molar-refractivity contribution >= 4 is 10.0 Å². The van der Waals surface area contributed by atoms with Crippen molar-refractivity contribution in [2.45, 2.75) is 17.7 Å². The third kappa shape index (κ3) is 3.25. The van der Waals surface area contributed by atoms with Crippen molar-refractivity contribution in [3.05, 3.63) is 59.7 Å². The van der Waals surface area contributed by atoms with E-state index in [0.29, 0.717) is 17.9 Å². The van der Waals surface area contributed by atoms with E-state index in [1.165, 1.54) is 5.56 Å². The predicted molar refractivity (Wildman–Crippen MR) is 81.0 cm³/mol. The quantitative estimate of drug-likeness (QED) is 0.921. The minimum Gasteiger partial charge on any atom is -0.493 e. The number of benzene rings is 2. The summed E-state index contributed by atoms with van der Waals surface area (Å²) >= 11 is 0. The predicted octanol–water partition coefficient (Wildman–Crippen LogP) is 2.14. The maximum atomic E-state index is 12.1. The van der Waals surface area contributed by atoms with Crippen LogP contribution in [0.25, 0.3) is 0 Å². The first kappa shape index (κ1) is 14.1. The average Bonchev–Trinajstić information content (AvgIpc) is 2.95. The summed E-state index contributed by atoms with van der Waals surface area (Å²) in [5.41, 5.74) is 2.33. The van der Waals surface area contributed by atoms with E-state index >= 15 is 0 Å². The molecule has 1 N–H and O–H groups in total. The lowest BCUT2D eigenvalue weighted by atomic mass is 10.1. The fourth-order valence-corrected chi connectivity index (χ4v) is 3.46. The van der Waals surface area contributed by atoms with E-state index < -0.39 is 10.0 Å². The number of sulfonamides is 1. The summed E-state index contributed by atoms with van der Waals surface area (Å²) in [5, 5.41) is 0. The van der Waals surface area contributed by atoms with Crippen molar-refractivity contribution in [1.29, 1.82) is 0 Å². The number of fused-ring (bicyclic) bond motifs is 1. The second-order valence-corrected chi connectivity index (χ2v) is 6.77. The molecule has 0 fully saturated rings. The van der Waals surface area contributed by atoms with Crippen LogP contribution in [0.5, 0.6) is 5.75 Å². The highest BCUT2D eigenvalue weighted by molar-refractivity contribution is 7.89. The summed E-state index contributed by atoms with van der Waals surface area (Å²) in [5.74, 6) is 0.948. The molecule has 0 radical (unpaired) electrons. The average molecular weight is 303 g/mol. The van der Waals surface area contributed by atoms with Crippen molar-refractivity contribution in [3.63, 3.8) is 0 Å². The van der Waals surface area contributed by atoms with Gasteiger partial charge in [0.2, 0.25) is 10.0 Å². The van der Waals surface area contributed by atoms with E-state index in [0.717, 1.165) is 24.3 Å². The highest BCUT2D eigenvalue weighted by Gasteiger charge is 2.14. The summed E-state index contributed by atoms with van der Waals surface area (Å²) < 4.78 is 32.2. The van der Waals surface area contributed by atoms with Crippen LogP contribution >= 0.6 is 0 Å². The Hall–Kier alpha value is -1.85. The van der Waals surface area contributed by atoms with Crippen LogP contribution in [0.3, 0.4) is 0 Å². The fraction of sp³-hybridized carbons (Fsp3) is 0.250. The van der Waals surface area contributed by atoms with Gasteiger partial charge in [-0.3, -0.25) is 0 Å². The number of hydrogen-bond acceptors (Lipinski definition) is 3. The molecule has 110 valence electrons. The molecule has 3 rings (SSSR count). The Bertz CT molecular complexity index is 726. The zero-order chi connectivity index (χ0) is 14.7. The molecule has 1 heterocycles. The Morgan fingerprint density at radius 3 is 2.71 bits per heavy atom. The Morgan fingerprint density at radius 1 is 1.10 bits per heavy atom. The molecule has 0 aliphatic carbocycles. The molecule has 4 nitrogen and oxygen atoms in total. The van der Waals surface area contributed by atoms with Gasteiger partial charge in [0, 0.05) is 13.0 Å². The maximum Gasteiger partial charge on any atom is 0.240 e. The maximum absolute atomic E-state index is 12.1. The largest absolute Gasteiger partial charge is 0.493 e. The summed E-state index contributed by atoms with van der Waals surface area (Å²) in [4.78, 5) is 0.298. The molecule has 0 spiro atoms. The van der Waals surface area contributed by atoms with Crippen LogP contribution in [0.15, 0.2) is 53.4 Å². The molecule has 0 bridgehead atoms. The molecule has 0 amide bonds. The van der Waals surface area contributed by atoms with Crippen molar-refractivity contribution in [3.8, 4) is 5.75 Å². The molecule has 2 aromatic carbocycles. The molecule has 0 atom stereocenters. The van der Waals surface area contributed by atoms with Gasteiger partial charge in [-0.15, -0.1) is 0 Å². The van der Waals surface area contributed by atoms with E-state index in [1.54, 1.807) is 30.3 Å². The Labute approximate surface area is 124 Å². The monoisotopic (exact) mass is 303 g/mol. The second-order valence-electron chi connectivity index (χ2n) is 5.00. The van der Waals surface area contributed by atoms with Gasteiger partial charge in [-0.1, -0.05) is 30.3 Å². The molecule has 1 aliphatic heterocycles. The molecule has 0 saturated carbocycles. The molecule has 0 unspecified atom stereocenters. The van der Waals surface area contributed by atoms with Gasteiger partial charge in [-0.2, -0.15) is 0 Å². The molecule has 0 aromatic heterocycles. The summed E-state index contributed by atoms with van der Waals surface area (Å²) in [6, 6.07) is 14.5. The highest BCUT2D eigenvalue weighted by Crippen LogP contribution is 2.25. The van der Waals surface area contributed by atoms with Crippen LogP contribution in [-0.2, 0) is 22.9 Å². The third-order valence-corrected chi connectivity index (χ3v) is 4.99. The van der Waals surface area contributed by atoms with Crippen molar-refractivity contribution in [2.75, 3.05) is 13.2 Å². The summed E-state index contributed by atoms with van der Waals surface area (Å²) in [7, 11) is -3.42. The molecule has 1 aliphatic rings. The smallest absolute Gasteiger partial charge is 0.240 e. The topological polar surface area (TPSA) is 55.4 Å². The molecular formula is C16H17NO3S. The first-order valence-corrected chi connectivity index (χ1v) is 8.43. The van der Waals surface area contributed by atoms with E-state index in [4.69, 9.17) is 4.74 Å². The van der Waals surface area contributed by atoms with Crippen LogP contribution in [0.4, 0.5) is 0 Å². The molecule has 2 aromatic rings. The number of hydrogen-bond donors (Lipinski definition) is 1. The van der Waals surface area contributed by atoms with Gasteiger partial charge in [-0.05, 0) is 35.7 Å². The van der Waals surface area contributed by atoms with Gasteiger partial charge in [-0.25, -0.2) is 13.1 Å². The molecule has 5 heteroatoms. The van der Waals surface area contributed by atoms with Crippen LogP contribution in [0.2, 0.25) is 0 Å². The van der Waals surface area contributed by atoms with Crippen molar-refractivity contribution in [1.82, 2.24) is 4.72 Å². The van der Waals surface area contributed by atoms with E-state index in [9.17, 15) is 8.42 Å². The van der Waals surface area contributed by atoms with Gasteiger partial charge in [0.25, 0.3) is 0 Å². The minimum absolute atomic E-state index is 0.298. The van der Waals surface area contributed by atoms with Crippen molar-refractivity contribution in [2.24, 2.45) is 0 Å². The summed E-state index contributed by atoms with van der Waals surface area (Å²) in [6.07, 6.45) is 1.60. The lowest BCUT2D eigenvalue weighted by molar-refractivity contribution is 0.357. The van der Waals surface area contributed by atoms with Gasteiger partial charge in [0.05, 0.1) is 11.5 Å². The SMILES string of the molecule is O=S(=O)(NCCc1ccc2c(c1)CCO2)c1ccccc1. The Balaban J connectivity index is 1.61. The number of ether oxygens (including phenoxy) is 1. The van der Waals surface area contributed by atoms with Crippen molar-refractivity contribution < 1.29 is 13.2 Å². The lowest BCUT2D eigenvalue weighted by Crippen LogP contribution is -2.25. The van der Waals surface area contributed by atoms with Gasteiger partial charge in [0.1, 0.15) is 5.75 Å². The highest BCUT2D eigenvalue weighted by atomic mass is 32.2. The van der Waals surface area contributed by atoms with E-state index in [-0.39, 0.29) is 0 Å². The Kier molecular flexibility index (Phi) is 3.94. The fourth-order valence-electron chi connectivity index (χ4n) is 2.41. The van der Waals surface area contributed by atoms with Gasteiger partial charge >= 0.3 is 0 Å². The third-order valence-electron chi connectivity index (χ3n) is 3.51. The number of nitrogens with one attached hydrogen (secondary N) is 1. The van der Waals surface area contributed by atoms with E-state index in [2.05, 4.69) is 10.8 Å². The summed E-state index contributed by atoms with van der Waals surface area (Å²) in [6.45, 7) is 1.12. The molecule has 0 saturated heterocycles. The minimum atomic E-state index is -3.42. The zero-order valence-corrected chi connectivity index (χ0v) is 12.4. The van der Waals surface area contributed by atoms with E-state index in [1.807, 2.05) is 12.1 Å². The van der Waals surface area contributed by atoms with Crippen LogP contribution in [0.1, 0.15) is 11.1 Å². The zero-order valence-electron chi connectivity index (χ0n) is 11.6. The lowest BCUT2D eigenvalue weighted by Gasteiger charge is -2.07. The van der Waals surface area contributed by atoms with Gasteiger partial charge in [0.15, 0.2) is 0 Å². The standard InChI is InChI=1S/C16H17NO3S/c18-21(19,15-4-2-1-3-5-15)17-10-8-13-6-7-16-14(12-13)9-11-20-16/h1-7,12,17H,8-11H2. The molecule has 21 heavy (non-hydrogen) atoms.